The number of likely N-dealkylation sites (tertiary alicyclic amines) is 1. The molecule has 2 atom stereocenters. The molecule has 16 heavy (non-hydrogen) atoms. The second kappa shape index (κ2) is 4.82. The van der Waals surface area contributed by atoms with Crippen LogP contribution in [0.3, 0.4) is 0 Å². The zero-order valence-corrected chi connectivity index (χ0v) is 10.2. The average Bonchev–Trinajstić information content (AvgIpc) is 2.45. The van der Waals surface area contributed by atoms with Crippen LogP contribution in [-0.4, -0.2) is 41.9 Å². The van der Waals surface area contributed by atoms with Gasteiger partial charge in [-0.25, -0.2) is 0 Å². The van der Waals surface area contributed by atoms with E-state index in [2.05, 4.69) is 5.32 Å². The summed E-state index contributed by atoms with van der Waals surface area (Å²) in [6.07, 6.45) is 1.89. The molecule has 1 saturated heterocycles. The highest BCUT2D eigenvalue weighted by Gasteiger charge is 2.33. The van der Waals surface area contributed by atoms with Crippen LogP contribution in [0.15, 0.2) is 0 Å². The van der Waals surface area contributed by atoms with Crippen molar-refractivity contribution in [1.29, 1.82) is 0 Å². The van der Waals surface area contributed by atoms with Crippen molar-refractivity contribution < 1.29 is 9.59 Å². The van der Waals surface area contributed by atoms with Crippen LogP contribution in [-0.2, 0) is 9.59 Å². The van der Waals surface area contributed by atoms with E-state index in [4.69, 9.17) is 5.73 Å². The van der Waals surface area contributed by atoms with E-state index >= 15 is 0 Å². The molecule has 1 aliphatic rings. The van der Waals surface area contributed by atoms with Gasteiger partial charge in [0, 0.05) is 20.0 Å². The molecule has 0 aromatic heterocycles. The van der Waals surface area contributed by atoms with Gasteiger partial charge in [-0.1, -0.05) is 13.3 Å². The van der Waals surface area contributed by atoms with Crippen LogP contribution in [0.1, 0.15) is 33.1 Å². The smallest absolute Gasteiger partial charge is 0.240 e. The first-order valence-corrected chi connectivity index (χ1v) is 5.70. The molecule has 1 fully saturated rings. The van der Waals surface area contributed by atoms with Crippen molar-refractivity contribution in [3.63, 3.8) is 0 Å². The fourth-order valence-electron chi connectivity index (χ4n) is 1.94. The van der Waals surface area contributed by atoms with E-state index in [-0.39, 0.29) is 17.9 Å². The number of carbonyl (C=O) groups excluding carboxylic acids is 2. The first kappa shape index (κ1) is 13.0. The molecule has 0 saturated carbocycles. The molecule has 92 valence electrons. The van der Waals surface area contributed by atoms with E-state index in [1.165, 1.54) is 0 Å². The van der Waals surface area contributed by atoms with Crippen molar-refractivity contribution >= 4 is 11.8 Å². The molecular weight excluding hydrogens is 206 g/mol. The van der Waals surface area contributed by atoms with Crippen molar-refractivity contribution in [2.24, 2.45) is 5.73 Å². The van der Waals surface area contributed by atoms with E-state index in [0.29, 0.717) is 19.4 Å². The fraction of sp³-hybridized carbons (Fsp3) is 0.818. The summed E-state index contributed by atoms with van der Waals surface area (Å²) in [6.45, 7) is 4.30. The third-order valence-corrected chi connectivity index (χ3v) is 2.96. The van der Waals surface area contributed by atoms with E-state index < -0.39 is 5.54 Å². The molecule has 1 heterocycles. The minimum absolute atomic E-state index is 0.0690. The molecule has 2 unspecified atom stereocenters. The van der Waals surface area contributed by atoms with E-state index in [1.54, 1.807) is 18.9 Å². The molecule has 1 rings (SSSR count). The van der Waals surface area contributed by atoms with Gasteiger partial charge in [-0.15, -0.1) is 0 Å². The second-order valence-electron chi connectivity index (χ2n) is 4.82. The highest BCUT2D eigenvalue weighted by Crippen LogP contribution is 2.12. The summed E-state index contributed by atoms with van der Waals surface area (Å²) in [7, 11) is 1.74. The topological polar surface area (TPSA) is 75.4 Å². The summed E-state index contributed by atoms with van der Waals surface area (Å²) >= 11 is 0. The van der Waals surface area contributed by atoms with E-state index in [9.17, 15) is 9.59 Å². The Morgan fingerprint density at radius 2 is 2.31 bits per heavy atom. The largest absolute Gasteiger partial charge is 0.349 e. The standard InChI is InChI=1S/C11H21N3O2/c1-4-5-11(2,12)10(16)13-8-6-9(15)14(3)7-8/h8H,4-7,12H2,1-3H3,(H,13,16). The number of likely N-dealkylation sites (N-methyl/N-ethyl adjacent to an activating group) is 1. The Bertz CT molecular complexity index is 289. The zero-order valence-electron chi connectivity index (χ0n) is 10.2. The maximum absolute atomic E-state index is 11.9. The van der Waals surface area contributed by atoms with Crippen LogP contribution < -0.4 is 11.1 Å². The molecule has 0 aromatic carbocycles. The number of carbonyl (C=O) groups is 2. The Morgan fingerprint density at radius 1 is 1.69 bits per heavy atom. The van der Waals surface area contributed by atoms with Crippen molar-refractivity contribution in [2.75, 3.05) is 13.6 Å². The van der Waals surface area contributed by atoms with Gasteiger partial charge in [0.1, 0.15) is 0 Å². The maximum atomic E-state index is 11.9. The molecular formula is C11H21N3O2. The molecule has 0 radical (unpaired) electrons. The van der Waals surface area contributed by atoms with Crippen molar-refractivity contribution in [3.8, 4) is 0 Å². The van der Waals surface area contributed by atoms with Crippen LogP contribution in [0.25, 0.3) is 0 Å². The third kappa shape index (κ3) is 2.95. The highest BCUT2D eigenvalue weighted by atomic mass is 16.2. The van der Waals surface area contributed by atoms with Gasteiger partial charge in [-0.3, -0.25) is 9.59 Å². The minimum atomic E-state index is -0.834. The van der Waals surface area contributed by atoms with Gasteiger partial charge in [-0.2, -0.15) is 0 Å². The molecule has 0 spiro atoms. The molecule has 1 aliphatic heterocycles. The van der Waals surface area contributed by atoms with Crippen LogP contribution >= 0.6 is 0 Å². The first-order chi connectivity index (χ1) is 7.36. The molecule has 0 aliphatic carbocycles. The maximum Gasteiger partial charge on any atom is 0.240 e. The second-order valence-corrected chi connectivity index (χ2v) is 4.82. The van der Waals surface area contributed by atoms with Gasteiger partial charge in [0.25, 0.3) is 0 Å². The summed E-state index contributed by atoms with van der Waals surface area (Å²) in [6, 6.07) is -0.0928. The van der Waals surface area contributed by atoms with Crippen LogP contribution in [0, 0.1) is 0 Å². The summed E-state index contributed by atoms with van der Waals surface area (Å²) in [5, 5.41) is 2.84. The average molecular weight is 227 g/mol. The van der Waals surface area contributed by atoms with Crippen molar-refractivity contribution in [1.82, 2.24) is 10.2 Å². The zero-order chi connectivity index (χ0) is 12.3. The van der Waals surface area contributed by atoms with E-state index in [1.807, 2.05) is 6.92 Å². The van der Waals surface area contributed by atoms with Crippen molar-refractivity contribution in [3.05, 3.63) is 0 Å². The monoisotopic (exact) mass is 227 g/mol. The lowest BCUT2D eigenvalue weighted by Gasteiger charge is -2.25. The first-order valence-electron chi connectivity index (χ1n) is 5.70. The molecule has 2 amide bonds. The predicted octanol–water partition coefficient (Wildman–Crippen LogP) is -0.149. The third-order valence-electron chi connectivity index (χ3n) is 2.96. The lowest BCUT2D eigenvalue weighted by Crippen LogP contribution is -2.54. The quantitative estimate of drug-likeness (QED) is 0.701. The van der Waals surface area contributed by atoms with Gasteiger partial charge in [0.05, 0.1) is 11.6 Å². The molecule has 3 N–H and O–H groups in total. The molecule has 5 nitrogen and oxygen atoms in total. The SMILES string of the molecule is CCCC(C)(N)C(=O)NC1CC(=O)N(C)C1. The van der Waals surface area contributed by atoms with Gasteiger partial charge < -0.3 is 16.0 Å². The number of nitrogens with one attached hydrogen (secondary N) is 1. The normalized spacial score (nSPS) is 24.4. The predicted molar refractivity (Wildman–Crippen MR) is 61.7 cm³/mol. The van der Waals surface area contributed by atoms with Crippen molar-refractivity contribution in [2.45, 2.75) is 44.7 Å². The highest BCUT2D eigenvalue weighted by molar-refractivity contribution is 5.87. The Hall–Kier alpha value is -1.10. The Morgan fingerprint density at radius 3 is 2.75 bits per heavy atom. The van der Waals surface area contributed by atoms with Gasteiger partial charge >= 0.3 is 0 Å². The lowest BCUT2D eigenvalue weighted by atomic mass is 9.96. The fourth-order valence-corrected chi connectivity index (χ4v) is 1.94. The summed E-state index contributed by atoms with van der Waals surface area (Å²) in [5.41, 5.74) is 5.07. The summed E-state index contributed by atoms with van der Waals surface area (Å²) in [4.78, 5) is 24.8. The van der Waals surface area contributed by atoms with Crippen LogP contribution in [0.4, 0.5) is 0 Å². The Kier molecular flexibility index (Phi) is 3.91. The number of nitrogens with zero attached hydrogens (tertiary/aromatic N) is 1. The number of hydrogen-bond acceptors (Lipinski definition) is 3. The Balaban J connectivity index is 2.49. The molecule has 0 bridgehead atoms. The van der Waals surface area contributed by atoms with Gasteiger partial charge in [0.2, 0.25) is 11.8 Å². The van der Waals surface area contributed by atoms with Gasteiger partial charge in [-0.05, 0) is 13.3 Å². The Labute approximate surface area is 96.4 Å². The number of nitrogens with two attached hydrogens (primary N) is 1. The lowest BCUT2D eigenvalue weighted by molar-refractivity contribution is -0.126. The molecule has 5 heteroatoms. The number of amides is 2. The van der Waals surface area contributed by atoms with E-state index in [0.717, 1.165) is 6.42 Å². The number of rotatable bonds is 4. The summed E-state index contributed by atoms with van der Waals surface area (Å²) < 4.78 is 0. The molecule has 0 aromatic rings. The minimum Gasteiger partial charge on any atom is -0.349 e. The van der Waals surface area contributed by atoms with Crippen LogP contribution in [0.5, 0.6) is 0 Å². The number of hydrogen-bond donors (Lipinski definition) is 2. The summed E-state index contributed by atoms with van der Waals surface area (Å²) in [5.74, 6) is -0.0954. The van der Waals surface area contributed by atoms with Gasteiger partial charge in [0.15, 0.2) is 0 Å². The van der Waals surface area contributed by atoms with Crippen LogP contribution in [0.2, 0.25) is 0 Å².